The van der Waals surface area contributed by atoms with Crippen molar-refractivity contribution in [2.45, 2.75) is 31.6 Å². The summed E-state index contributed by atoms with van der Waals surface area (Å²) in [6, 6.07) is 6.28. The first-order valence-corrected chi connectivity index (χ1v) is 9.16. The Labute approximate surface area is 136 Å². The first-order valence-electron chi connectivity index (χ1n) is 7.51. The van der Waals surface area contributed by atoms with Gasteiger partial charge < -0.3 is 10.0 Å². The third-order valence-electron chi connectivity index (χ3n) is 4.36. The summed E-state index contributed by atoms with van der Waals surface area (Å²) in [6.07, 6.45) is 0.587. The molecule has 126 valence electrons. The van der Waals surface area contributed by atoms with Crippen LogP contribution in [-0.4, -0.2) is 49.1 Å². The Morgan fingerprint density at radius 3 is 2.35 bits per heavy atom. The number of aliphatic carboxylic acids is 1. The van der Waals surface area contributed by atoms with Gasteiger partial charge in [0.25, 0.3) is 0 Å². The summed E-state index contributed by atoms with van der Waals surface area (Å²) in [5, 5.41) is 9.20. The predicted molar refractivity (Wildman–Crippen MR) is 84.8 cm³/mol. The average molecular weight is 339 g/mol. The second kappa shape index (κ2) is 6.31. The highest BCUT2D eigenvalue weighted by molar-refractivity contribution is 7.91. The Morgan fingerprint density at radius 1 is 1.26 bits per heavy atom. The van der Waals surface area contributed by atoms with E-state index in [4.69, 9.17) is 0 Å². The smallest absolute Gasteiger partial charge is 0.311 e. The molecule has 0 spiro atoms. The normalized spacial score (nSPS) is 21.4. The molecule has 1 fully saturated rings. The minimum Gasteiger partial charge on any atom is -0.481 e. The zero-order valence-electron chi connectivity index (χ0n) is 13.3. The van der Waals surface area contributed by atoms with E-state index >= 15 is 0 Å². The number of carbonyl (C=O) groups excluding carboxylic acids is 1. The lowest BCUT2D eigenvalue weighted by Gasteiger charge is -2.20. The molecule has 1 aromatic carbocycles. The molecule has 23 heavy (non-hydrogen) atoms. The molecule has 1 unspecified atom stereocenters. The molecule has 0 bridgehead atoms. The lowest BCUT2D eigenvalue weighted by molar-refractivity contribution is -0.147. The Morgan fingerprint density at radius 2 is 1.87 bits per heavy atom. The van der Waals surface area contributed by atoms with Crippen LogP contribution in [0.4, 0.5) is 0 Å². The number of amides is 1. The number of carboxylic acids is 1. The molecule has 1 atom stereocenters. The van der Waals surface area contributed by atoms with Crippen LogP contribution in [0.2, 0.25) is 0 Å². The number of sulfone groups is 1. The summed E-state index contributed by atoms with van der Waals surface area (Å²) in [6.45, 7) is 3.88. The van der Waals surface area contributed by atoms with Crippen LogP contribution in [-0.2, 0) is 25.8 Å². The Hall–Kier alpha value is -1.89. The highest BCUT2D eigenvalue weighted by Crippen LogP contribution is 2.30. The van der Waals surface area contributed by atoms with Crippen molar-refractivity contribution in [3.63, 3.8) is 0 Å². The molecule has 1 amide bonds. The van der Waals surface area contributed by atoms with Crippen LogP contribution in [0.5, 0.6) is 0 Å². The van der Waals surface area contributed by atoms with Crippen LogP contribution < -0.4 is 0 Å². The molecule has 1 N–H and O–H groups in total. The molecule has 6 nitrogen and oxygen atoms in total. The number of rotatable bonds is 5. The van der Waals surface area contributed by atoms with Crippen molar-refractivity contribution in [3.8, 4) is 0 Å². The largest absolute Gasteiger partial charge is 0.481 e. The fraction of sp³-hybridized carbons (Fsp3) is 0.500. The van der Waals surface area contributed by atoms with Crippen molar-refractivity contribution in [2.75, 3.05) is 18.8 Å². The number of carboxylic acid groups (broad SMARTS) is 1. The molecule has 1 aliphatic heterocycles. The third kappa shape index (κ3) is 3.72. The van der Waals surface area contributed by atoms with E-state index < -0.39 is 21.2 Å². The lowest BCUT2D eigenvalue weighted by atomic mass is 9.90. The van der Waals surface area contributed by atoms with Crippen molar-refractivity contribution < 1.29 is 23.1 Å². The van der Waals surface area contributed by atoms with Crippen molar-refractivity contribution in [2.24, 2.45) is 5.41 Å². The number of benzene rings is 1. The molecular weight excluding hydrogens is 318 g/mol. The van der Waals surface area contributed by atoms with E-state index in [9.17, 15) is 23.1 Å². The van der Waals surface area contributed by atoms with E-state index in [1.807, 2.05) is 0 Å². The maximum absolute atomic E-state index is 12.3. The van der Waals surface area contributed by atoms with Gasteiger partial charge in [-0.05, 0) is 31.0 Å². The van der Waals surface area contributed by atoms with Crippen LogP contribution in [0.15, 0.2) is 29.2 Å². The van der Waals surface area contributed by atoms with Crippen LogP contribution in [0.1, 0.15) is 25.8 Å². The Kier molecular flexibility index (Phi) is 4.79. The summed E-state index contributed by atoms with van der Waals surface area (Å²) >= 11 is 0. The molecule has 2 rings (SSSR count). The quantitative estimate of drug-likeness (QED) is 0.874. The van der Waals surface area contributed by atoms with E-state index in [0.29, 0.717) is 18.5 Å². The number of nitrogens with zero attached hydrogens (tertiary/aromatic N) is 1. The van der Waals surface area contributed by atoms with E-state index in [2.05, 4.69) is 0 Å². The summed E-state index contributed by atoms with van der Waals surface area (Å²) in [7, 11) is -3.24. The summed E-state index contributed by atoms with van der Waals surface area (Å²) in [5.41, 5.74) is -0.164. The monoisotopic (exact) mass is 339 g/mol. The molecule has 0 aromatic heterocycles. The first-order chi connectivity index (χ1) is 10.7. The van der Waals surface area contributed by atoms with Crippen molar-refractivity contribution >= 4 is 21.7 Å². The molecule has 0 aliphatic carbocycles. The van der Waals surface area contributed by atoms with Crippen molar-refractivity contribution in [1.82, 2.24) is 4.90 Å². The van der Waals surface area contributed by atoms with Crippen LogP contribution in [0.25, 0.3) is 0 Å². The third-order valence-corrected chi connectivity index (χ3v) is 6.11. The second-order valence-corrected chi connectivity index (χ2v) is 8.43. The van der Waals surface area contributed by atoms with Gasteiger partial charge in [-0.1, -0.05) is 19.1 Å². The highest BCUT2D eigenvalue weighted by atomic mass is 32.2. The number of hydrogen-bond donors (Lipinski definition) is 1. The fourth-order valence-corrected chi connectivity index (χ4v) is 3.50. The molecule has 1 heterocycles. The molecule has 1 aliphatic rings. The van der Waals surface area contributed by atoms with Gasteiger partial charge in [0.1, 0.15) is 0 Å². The highest BCUT2D eigenvalue weighted by Gasteiger charge is 2.41. The van der Waals surface area contributed by atoms with Crippen molar-refractivity contribution in [3.05, 3.63) is 29.8 Å². The molecule has 0 radical (unpaired) electrons. The van der Waals surface area contributed by atoms with Gasteiger partial charge in [0.05, 0.1) is 22.5 Å². The second-order valence-electron chi connectivity index (χ2n) is 6.16. The lowest BCUT2D eigenvalue weighted by Crippen LogP contribution is -2.35. The Bertz CT molecular complexity index is 710. The molecular formula is C16H21NO5S. The van der Waals surface area contributed by atoms with Gasteiger partial charge in [0.2, 0.25) is 5.91 Å². The molecule has 1 aromatic rings. The zero-order valence-corrected chi connectivity index (χ0v) is 14.1. The Balaban J connectivity index is 2.03. The predicted octanol–water partition coefficient (Wildman–Crippen LogP) is 1.35. The number of carbonyl (C=O) groups is 2. The van der Waals surface area contributed by atoms with Gasteiger partial charge in [0.15, 0.2) is 9.84 Å². The van der Waals surface area contributed by atoms with Gasteiger partial charge >= 0.3 is 5.97 Å². The van der Waals surface area contributed by atoms with Crippen LogP contribution in [0.3, 0.4) is 0 Å². The van der Waals surface area contributed by atoms with E-state index in [1.54, 1.807) is 30.9 Å². The summed E-state index contributed by atoms with van der Waals surface area (Å²) < 4.78 is 23.5. The van der Waals surface area contributed by atoms with Crippen LogP contribution in [0, 0.1) is 5.41 Å². The molecule has 0 saturated carbocycles. The standard InChI is InChI=1S/C16H21NO5S/c1-3-23(21,22)13-6-4-12(5-7-13)10-14(18)17-9-8-16(2,11-17)15(19)20/h4-7H,3,8-11H2,1-2H3,(H,19,20). The molecule has 1 saturated heterocycles. The fourth-order valence-electron chi connectivity index (χ4n) is 2.62. The van der Waals surface area contributed by atoms with E-state index in [0.717, 1.165) is 0 Å². The number of likely N-dealkylation sites (tertiary alicyclic amines) is 1. The van der Waals surface area contributed by atoms with Gasteiger partial charge in [-0.25, -0.2) is 8.42 Å². The number of hydrogen-bond acceptors (Lipinski definition) is 4. The summed E-state index contributed by atoms with van der Waals surface area (Å²) in [5.74, 6) is -0.990. The minimum atomic E-state index is -3.24. The minimum absolute atomic E-state index is 0.0345. The van der Waals surface area contributed by atoms with Gasteiger partial charge in [0, 0.05) is 13.1 Å². The first kappa shape index (κ1) is 17.5. The van der Waals surface area contributed by atoms with Gasteiger partial charge in [-0.2, -0.15) is 0 Å². The maximum Gasteiger partial charge on any atom is 0.311 e. The van der Waals surface area contributed by atoms with Gasteiger partial charge in [-0.15, -0.1) is 0 Å². The molecule has 7 heteroatoms. The van der Waals surface area contributed by atoms with Crippen molar-refractivity contribution in [1.29, 1.82) is 0 Å². The topological polar surface area (TPSA) is 91.8 Å². The van der Waals surface area contributed by atoms with E-state index in [-0.39, 0.29) is 29.5 Å². The maximum atomic E-state index is 12.3. The van der Waals surface area contributed by atoms with Crippen LogP contribution >= 0.6 is 0 Å². The zero-order chi connectivity index (χ0) is 17.3. The summed E-state index contributed by atoms with van der Waals surface area (Å²) in [4.78, 5) is 25.3. The average Bonchev–Trinajstić information content (AvgIpc) is 2.92. The van der Waals surface area contributed by atoms with E-state index in [1.165, 1.54) is 12.1 Å². The van der Waals surface area contributed by atoms with Gasteiger partial charge in [-0.3, -0.25) is 9.59 Å². The SMILES string of the molecule is CCS(=O)(=O)c1ccc(CC(=O)N2CCC(C)(C(=O)O)C2)cc1.